The molecule has 1 aliphatic heterocycles. The average Bonchev–Trinajstić information content (AvgIpc) is 3.20. The van der Waals surface area contributed by atoms with Crippen LogP contribution in [0.2, 0.25) is 0 Å². The van der Waals surface area contributed by atoms with Crippen molar-refractivity contribution in [3.05, 3.63) is 50.7 Å². The second kappa shape index (κ2) is 10.00. The van der Waals surface area contributed by atoms with Crippen molar-refractivity contribution in [3.63, 3.8) is 0 Å². The number of ether oxygens (including phenoxy) is 1. The fourth-order valence-electron chi connectivity index (χ4n) is 4.33. The van der Waals surface area contributed by atoms with E-state index in [9.17, 15) is 19.8 Å². The van der Waals surface area contributed by atoms with Crippen molar-refractivity contribution in [1.82, 2.24) is 23.6 Å². The van der Waals surface area contributed by atoms with Crippen molar-refractivity contribution in [3.8, 4) is 5.75 Å². The van der Waals surface area contributed by atoms with E-state index < -0.39 is 17.4 Å². The van der Waals surface area contributed by atoms with Crippen LogP contribution in [0.3, 0.4) is 0 Å². The largest absolute Gasteiger partial charge is 0.491 e. The second-order valence-corrected chi connectivity index (χ2v) is 8.68. The second-order valence-electron chi connectivity index (χ2n) is 8.68. The lowest BCUT2D eigenvalue weighted by molar-refractivity contribution is 0.0931. The molecular weight excluding hydrogens is 440 g/mol. The molecule has 0 saturated carbocycles. The van der Waals surface area contributed by atoms with Gasteiger partial charge in [0.1, 0.15) is 18.5 Å². The van der Waals surface area contributed by atoms with Crippen LogP contribution in [0, 0.1) is 6.92 Å². The molecule has 11 nitrogen and oxygen atoms in total. The number of aromatic nitrogens is 4. The van der Waals surface area contributed by atoms with Gasteiger partial charge in [0.15, 0.2) is 11.2 Å². The van der Waals surface area contributed by atoms with Gasteiger partial charge in [-0.1, -0.05) is 18.2 Å². The normalized spacial score (nSPS) is 15.7. The molecule has 0 amide bonds. The number of para-hydroxylation sites is 1. The van der Waals surface area contributed by atoms with Crippen LogP contribution in [0.1, 0.15) is 5.56 Å². The third-order valence-electron chi connectivity index (χ3n) is 6.32. The summed E-state index contributed by atoms with van der Waals surface area (Å²) in [5.74, 6) is 1.22. The predicted octanol–water partition coefficient (Wildman–Crippen LogP) is -0.704. The zero-order valence-corrected chi connectivity index (χ0v) is 19.8. The third-order valence-corrected chi connectivity index (χ3v) is 6.32. The summed E-state index contributed by atoms with van der Waals surface area (Å²) >= 11 is 0. The molecule has 0 unspecified atom stereocenters. The van der Waals surface area contributed by atoms with Gasteiger partial charge in [-0.15, -0.1) is 0 Å². The fourth-order valence-corrected chi connectivity index (χ4v) is 4.33. The maximum Gasteiger partial charge on any atom is 0.332 e. The van der Waals surface area contributed by atoms with Crippen LogP contribution in [0.4, 0.5) is 5.95 Å². The summed E-state index contributed by atoms with van der Waals surface area (Å²) in [5, 5.41) is 20.1. The number of aliphatic hydroxyl groups excluding tert-OH is 2. The van der Waals surface area contributed by atoms with Crippen molar-refractivity contribution in [2.45, 2.75) is 19.6 Å². The lowest BCUT2D eigenvalue weighted by Gasteiger charge is -2.35. The Morgan fingerprint density at radius 3 is 2.47 bits per heavy atom. The molecule has 2 N–H and O–H groups in total. The highest BCUT2D eigenvalue weighted by atomic mass is 16.5. The molecular formula is C23H32N6O5. The number of aryl methyl sites for hydroxylation is 2. The Bertz CT molecular complexity index is 1270. The Kier molecular flexibility index (Phi) is 7.05. The number of nitrogens with zero attached hydrogens (tertiary/aromatic N) is 6. The monoisotopic (exact) mass is 472 g/mol. The van der Waals surface area contributed by atoms with E-state index in [0.717, 1.165) is 23.2 Å². The topological polar surface area (TPSA) is 118 Å². The van der Waals surface area contributed by atoms with Gasteiger partial charge < -0.3 is 24.4 Å². The summed E-state index contributed by atoms with van der Waals surface area (Å²) in [4.78, 5) is 34.5. The molecule has 1 aliphatic rings. The van der Waals surface area contributed by atoms with Crippen LogP contribution in [0.15, 0.2) is 33.9 Å². The number of hydrogen-bond acceptors (Lipinski definition) is 8. The Labute approximate surface area is 197 Å². The average molecular weight is 473 g/mol. The molecule has 4 rings (SSSR count). The number of β-amino-alcohol motifs (C(OH)–C–C–N with tert-alkyl or cyclic N) is 1. The molecule has 0 aliphatic carbocycles. The summed E-state index contributed by atoms with van der Waals surface area (Å²) in [7, 11) is 3.02. The van der Waals surface area contributed by atoms with Gasteiger partial charge in [-0.25, -0.2) is 4.79 Å². The van der Waals surface area contributed by atoms with Crippen molar-refractivity contribution >= 4 is 17.1 Å². The van der Waals surface area contributed by atoms with Gasteiger partial charge >= 0.3 is 5.69 Å². The quantitative estimate of drug-likeness (QED) is 0.442. The lowest BCUT2D eigenvalue weighted by Crippen LogP contribution is -2.48. The smallest absolute Gasteiger partial charge is 0.332 e. The van der Waals surface area contributed by atoms with Crippen molar-refractivity contribution < 1.29 is 14.9 Å². The van der Waals surface area contributed by atoms with Crippen LogP contribution >= 0.6 is 0 Å². The third kappa shape index (κ3) is 4.59. The SMILES string of the molecule is Cc1ccccc1OC[C@H](O)Cn1c(N2CCN(CCO)CC2)nc2c1c(=O)n(C)c(=O)n2C. The van der Waals surface area contributed by atoms with Crippen LogP contribution in [0.25, 0.3) is 11.2 Å². The van der Waals surface area contributed by atoms with Gasteiger partial charge in [0.05, 0.1) is 13.2 Å². The molecule has 0 radical (unpaired) electrons. The number of anilines is 1. The van der Waals surface area contributed by atoms with Gasteiger partial charge in [-0.2, -0.15) is 4.98 Å². The first-order valence-corrected chi connectivity index (χ1v) is 11.4. The minimum Gasteiger partial charge on any atom is -0.491 e. The van der Waals surface area contributed by atoms with E-state index in [1.54, 1.807) is 11.6 Å². The zero-order valence-electron chi connectivity index (χ0n) is 19.8. The van der Waals surface area contributed by atoms with Crippen LogP contribution in [-0.2, 0) is 20.6 Å². The highest BCUT2D eigenvalue weighted by Gasteiger charge is 2.26. The van der Waals surface area contributed by atoms with E-state index in [1.807, 2.05) is 36.1 Å². The predicted molar refractivity (Wildman–Crippen MR) is 129 cm³/mol. The molecule has 1 saturated heterocycles. The number of aliphatic hydroxyl groups is 2. The number of fused-ring (bicyclic) bond motifs is 1. The standard InChI is InChI=1S/C23H32N6O5/c1-16-6-4-5-7-18(16)34-15-17(31)14-29-19-20(25(2)23(33)26(3)21(19)32)24-22(29)28-10-8-27(9-11-28)12-13-30/h4-7,17,30-31H,8-15H2,1-3H3/t17-/m1/s1. The molecule has 1 fully saturated rings. The van der Waals surface area contributed by atoms with Crippen LogP contribution in [0.5, 0.6) is 5.75 Å². The first kappa shape index (κ1) is 24.0. The molecule has 1 aromatic carbocycles. The number of benzene rings is 1. The van der Waals surface area contributed by atoms with Gasteiger partial charge in [0.2, 0.25) is 5.95 Å². The Hall–Kier alpha value is -3.15. The molecule has 34 heavy (non-hydrogen) atoms. The van der Waals surface area contributed by atoms with Gasteiger partial charge in [0, 0.05) is 46.8 Å². The van der Waals surface area contributed by atoms with Gasteiger partial charge in [0.25, 0.3) is 5.56 Å². The molecule has 184 valence electrons. The molecule has 3 aromatic rings. The van der Waals surface area contributed by atoms with E-state index in [-0.39, 0.29) is 30.9 Å². The number of hydrogen-bond donors (Lipinski definition) is 2. The number of imidazole rings is 1. The first-order valence-electron chi connectivity index (χ1n) is 11.4. The van der Waals surface area contributed by atoms with Crippen molar-refractivity contribution in [1.29, 1.82) is 0 Å². The highest BCUT2D eigenvalue weighted by molar-refractivity contribution is 5.74. The minimum atomic E-state index is -0.909. The lowest BCUT2D eigenvalue weighted by atomic mass is 10.2. The molecule has 0 spiro atoms. The van der Waals surface area contributed by atoms with Crippen LogP contribution in [-0.4, -0.2) is 85.8 Å². The van der Waals surface area contributed by atoms with Crippen LogP contribution < -0.4 is 20.9 Å². The highest BCUT2D eigenvalue weighted by Crippen LogP contribution is 2.22. The maximum absolute atomic E-state index is 13.1. The summed E-state index contributed by atoms with van der Waals surface area (Å²) in [6.07, 6.45) is -0.909. The van der Waals surface area contributed by atoms with Crippen molar-refractivity contribution in [2.24, 2.45) is 14.1 Å². The van der Waals surface area contributed by atoms with Gasteiger partial charge in [-0.05, 0) is 18.6 Å². The summed E-state index contributed by atoms with van der Waals surface area (Å²) in [6.45, 7) is 5.53. The molecule has 2 aromatic heterocycles. The fraction of sp³-hybridized carbons (Fsp3) is 0.522. The van der Waals surface area contributed by atoms with E-state index in [0.29, 0.717) is 31.3 Å². The minimum absolute atomic E-state index is 0.0420. The van der Waals surface area contributed by atoms with E-state index in [2.05, 4.69) is 9.88 Å². The first-order chi connectivity index (χ1) is 16.3. The Morgan fingerprint density at radius 1 is 1.09 bits per heavy atom. The summed E-state index contributed by atoms with van der Waals surface area (Å²) in [6, 6.07) is 7.57. The summed E-state index contributed by atoms with van der Waals surface area (Å²) in [5.41, 5.74) is 0.612. The zero-order chi connectivity index (χ0) is 24.4. The van der Waals surface area contributed by atoms with E-state index in [1.165, 1.54) is 11.6 Å². The Balaban J connectivity index is 1.67. The molecule has 1 atom stereocenters. The number of piperazine rings is 1. The van der Waals surface area contributed by atoms with Crippen molar-refractivity contribution in [2.75, 3.05) is 50.8 Å². The van der Waals surface area contributed by atoms with Gasteiger partial charge in [-0.3, -0.25) is 18.8 Å². The Morgan fingerprint density at radius 2 is 1.79 bits per heavy atom. The molecule has 3 heterocycles. The maximum atomic E-state index is 13.1. The van der Waals surface area contributed by atoms with E-state index in [4.69, 9.17) is 4.74 Å². The summed E-state index contributed by atoms with van der Waals surface area (Å²) < 4.78 is 9.93. The molecule has 0 bridgehead atoms. The molecule has 11 heteroatoms. The number of rotatable bonds is 8. The van der Waals surface area contributed by atoms with E-state index >= 15 is 0 Å².